The van der Waals surface area contributed by atoms with Crippen molar-refractivity contribution in [3.8, 4) is 0 Å². The summed E-state index contributed by atoms with van der Waals surface area (Å²) in [5.74, 6) is 0.252. The van der Waals surface area contributed by atoms with Crippen molar-refractivity contribution in [2.24, 2.45) is 5.92 Å². The molecule has 1 aliphatic rings. The third-order valence-corrected chi connectivity index (χ3v) is 4.66. The van der Waals surface area contributed by atoms with Gasteiger partial charge in [-0.3, -0.25) is 9.48 Å². The standard InChI is InChI=1S/C16H17Cl2N3O/c1-9-15(19-16(22)11-6-7-11)10(2)21(20-9)8-12-13(17)4-3-5-14(12)18/h3-5,11H,6-8H2,1-2H3,(H,19,22). The summed E-state index contributed by atoms with van der Waals surface area (Å²) in [5, 5.41) is 8.72. The van der Waals surface area contributed by atoms with Gasteiger partial charge in [0.2, 0.25) is 5.91 Å². The first kappa shape index (κ1) is 15.4. The lowest BCUT2D eigenvalue weighted by Gasteiger charge is -2.09. The van der Waals surface area contributed by atoms with Gasteiger partial charge < -0.3 is 5.32 Å². The highest BCUT2D eigenvalue weighted by molar-refractivity contribution is 6.35. The summed E-state index contributed by atoms with van der Waals surface area (Å²) in [6.07, 6.45) is 1.96. The minimum absolute atomic E-state index is 0.0847. The number of aromatic nitrogens is 2. The zero-order valence-corrected chi connectivity index (χ0v) is 14.0. The van der Waals surface area contributed by atoms with Crippen LogP contribution < -0.4 is 5.32 Å². The van der Waals surface area contributed by atoms with Gasteiger partial charge in [0, 0.05) is 21.5 Å². The summed E-state index contributed by atoms with van der Waals surface area (Å²) in [6, 6.07) is 5.44. The number of halogens is 2. The number of hydrogen-bond acceptors (Lipinski definition) is 2. The van der Waals surface area contributed by atoms with E-state index in [4.69, 9.17) is 23.2 Å². The fourth-order valence-electron chi connectivity index (χ4n) is 2.44. The van der Waals surface area contributed by atoms with E-state index in [2.05, 4.69) is 10.4 Å². The fourth-order valence-corrected chi connectivity index (χ4v) is 2.95. The number of nitrogens with zero attached hydrogens (tertiary/aromatic N) is 2. The van der Waals surface area contributed by atoms with Crippen LogP contribution in [0.2, 0.25) is 10.0 Å². The summed E-state index contributed by atoms with van der Waals surface area (Å²) in [7, 11) is 0. The summed E-state index contributed by atoms with van der Waals surface area (Å²) < 4.78 is 1.82. The van der Waals surface area contributed by atoms with Gasteiger partial charge in [-0.15, -0.1) is 0 Å². The number of carbonyl (C=O) groups excluding carboxylic acids is 1. The van der Waals surface area contributed by atoms with E-state index in [-0.39, 0.29) is 11.8 Å². The molecule has 0 bridgehead atoms. The van der Waals surface area contributed by atoms with Crippen LogP contribution in [0.15, 0.2) is 18.2 Å². The number of aryl methyl sites for hydroxylation is 1. The summed E-state index contributed by atoms with van der Waals surface area (Å²) in [5.41, 5.74) is 3.33. The largest absolute Gasteiger partial charge is 0.323 e. The molecule has 3 rings (SSSR count). The van der Waals surface area contributed by atoms with E-state index >= 15 is 0 Å². The predicted octanol–water partition coefficient (Wildman–Crippen LogP) is 4.20. The number of rotatable bonds is 4. The molecule has 1 fully saturated rings. The third kappa shape index (κ3) is 2.99. The lowest BCUT2D eigenvalue weighted by Crippen LogP contribution is -2.14. The van der Waals surface area contributed by atoms with Gasteiger partial charge in [0.05, 0.1) is 23.6 Å². The quantitative estimate of drug-likeness (QED) is 0.908. The van der Waals surface area contributed by atoms with Crippen LogP contribution in [0.25, 0.3) is 0 Å². The van der Waals surface area contributed by atoms with Crippen molar-refractivity contribution in [3.05, 3.63) is 45.2 Å². The second-order valence-electron chi connectivity index (χ2n) is 5.67. The van der Waals surface area contributed by atoms with E-state index in [9.17, 15) is 4.79 Å². The van der Waals surface area contributed by atoms with Crippen LogP contribution in [0.4, 0.5) is 5.69 Å². The maximum absolute atomic E-state index is 12.0. The van der Waals surface area contributed by atoms with Gasteiger partial charge in [-0.05, 0) is 38.8 Å². The molecule has 1 N–H and O–H groups in total. The van der Waals surface area contributed by atoms with Crippen LogP contribution in [-0.4, -0.2) is 15.7 Å². The third-order valence-electron chi connectivity index (χ3n) is 3.95. The van der Waals surface area contributed by atoms with E-state index in [1.165, 1.54) is 0 Å². The molecule has 0 aliphatic heterocycles. The molecule has 1 aliphatic carbocycles. The molecular formula is C16H17Cl2N3O. The highest BCUT2D eigenvalue weighted by Crippen LogP contribution is 2.32. The van der Waals surface area contributed by atoms with Gasteiger partial charge in [0.25, 0.3) is 0 Å². The first-order valence-corrected chi connectivity index (χ1v) is 8.00. The molecule has 1 heterocycles. The van der Waals surface area contributed by atoms with Crippen LogP contribution >= 0.6 is 23.2 Å². The molecule has 6 heteroatoms. The normalized spacial score (nSPS) is 14.2. The minimum Gasteiger partial charge on any atom is -0.323 e. The second kappa shape index (κ2) is 5.94. The Labute approximate surface area is 139 Å². The lowest BCUT2D eigenvalue weighted by atomic mass is 10.2. The molecule has 1 aromatic carbocycles. The predicted molar refractivity (Wildman–Crippen MR) is 88.6 cm³/mol. The topological polar surface area (TPSA) is 46.9 Å². The van der Waals surface area contributed by atoms with E-state index in [0.717, 1.165) is 35.5 Å². The van der Waals surface area contributed by atoms with E-state index in [1.54, 1.807) is 0 Å². The number of carbonyl (C=O) groups is 1. The lowest BCUT2D eigenvalue weighted by molar-refractivity contribution is -0.117. The highest BCUT2D eigenvalue weighted by atomic mass is 35.5. The monoisotopic (exact) mass is 337 g/mol. The summed E-state index contributed by atoms with van der Waals surface area (Å²) >= 11 is 12.4. The molecule has 0 saturated heterocycles. The molecule has 0 unspecified atom stereocenters. The molecule has 1 saturated carbocycles. The van der Waals surface area contributed by atoms with Crippen molar-refractivity contribution in [3.63, 3.8) is 0 Å². The Morgan fingerprint density at radius 1 is 1.32 bits per heavy atom. The Morgan fingerprint density at radius 2 is 1.95 bits per heavy atom. The Morgan fingerprint density at radius 3 is 2.55 bits per heavy atom. The van der Waals surface area contributed by atoms with Gasteiger partial charge in [-0.2, -0.15) is 5.10 Å². The van der Waals surface area contributed by atoms with Crippen molar-refractivity contribution in [1.29, 1.82) is 0 Å². The Kier molecular flexibility index (Phi) is 4.15. The maximum Gasteiger partial charge on any atom is 0.227 e. The van der Waals surface area contributed by atoms with Crippen molar-refractivity contribution < 1.29 is 4.79 Å². The number of benzene rings is 1. The Bertz CT molecular complexity index is 715. The van der Waals surface area contributed by atoms with Crippen molar-refractivity contribution in [1.82, 2.24) is 9.78 Å². The molecular weight excluding hydrogens is 321 g/mol. The molecule has 1 amide bonds. The van der Waals surface area contributed by atoms with Gasteiger partial charge in [-0.25, -0.2) is 0 Å². The molecule has 4 nitrogen and oxygen atoms in total. The molecule has 2 aromatic rings. The summed E-state index contributed by atoms with van der Waals surface area (Å²) in [6.45, 7) is 4.30. The van der Waals surface area contributed by atoms with E-state index in [1.807, 2.05) is 36.7 Å². The zero-order valence-electron chi connectivity index (χ0n) is 12.5. The van der Waals surface area contributed by atoms with Crippen molar-refractivity contribution in [2.45, 2.75) is 33.2 Å². The van der Waals surface area contributed by atoms with Crippen LogP contribution in [-0.2, 0) is 11.3 Å². The average molecular weight is 338 g/mol. The first-order valence-electron chi connectivity index (χ1n) is 7.25. The minimum atomic E-state index is 0.0847. The molecule has 1 aromatic heterocycles. The molecule has 0 radical (unpaired) electrons. The average Bonchev–Trinajstić information content (AvgIpc) is 3.27. The van der Waals surface area contributed by atoms with E-state index in [0.29, 0.717) is 16.6 Å². The van der Waals surface area contributed by atoms with Crippen molar-refractivity contribution in [2.75, 3.05) is 5.32 Å². The van der Waals surface area contributed by atoms with Crippen LogP contribution in [0.3, 0.4) is 0 Å². The van der Waals surface area contributed by atoms with Crippen molar-refractivity contribution >= 4 is 34.8 Å². The number of nitrogens with one attached hydrogen (secondary N) is 1. The Balaban J connectivity index is 1.87. The van der Waals surface area contributed by atoms with E-state index < -0.39 is 0 Å². The van der Waals surface area contributed by atoms with Crippen LogP contribution in [0, 0.1) is 19.8 Å². The van der Waals surface area contributed by atoms with Gasteiger partial charge in [-0.1, -0.05) is 29.3 Å². The van der Waals surface area contributed by atoms with Crippen LogP contribution in [0.5, 0.6) is 0 Å². The zero-order chi connectivity index (χ0) is 15.9. The first-order chi connectivity index (χ1) is 10.5. The van der Waals surface area contributed by atoms with Gasteiger partial charge in [0.15, 0.2) is 0 Å². The SMILES string of the molecule is Cc1nn(Cc2c(Cl)cccc2Cl)c(C)c1NC(=O)C1CC1. The maximum atomic E-state index is 12.0. The molecule has 22 heavy (non-hydrogen) atoms. The van der Waals surface area contributed by atoms with Gasteiger partial charge in [0.1, 0.15) is 0 Å². The molecule has 116 valence electrons. The number of hydrogen-bond donors (Lipinski definition) is 1. The second-order valence-corrected chi connectivity index (χ2v) is 6.48. The molecule has 0 atom stereocenters. The Hall–Kier alpha value is -1.52. The smallest absolute Gasteiger partial charge is 0.227 e. The number of anilines is 1. The summed E-state index contributed by atoms with van der Waals surface area (Å²) in [4.78, 5) is 12.0. The van der Waals surface area contributed by atoms with Crippen LogP contribution in [0.1, 0.15) is 29.8 Å². The molecule has 0 spiro atoms. The highest BCUT2D eigenvalue weighted by Gasteiger charge is 2.30. The fraction of sp³-hybridized carbons (Fsp3) is 0.375. The number of amides is 1. The van der Waals surface area contributed by atoms with Gasteiger partial charge >= 0.3 is 0 Å².